The molecule has 0 aliphatic carbocycles. The normalized spacial score (nSPS) is 14.0. The van der Waals surface area contributed by atoms with Gasteiger partial charge in [0.25, 0.3) is 0 Å². The van der Waals surface area contributed by atoms with Gasteiger partial charge in [-0.25, -0.2) is 24.1 Å². The quantitative estimate of drug-likeness (QED) is 0.186. The molecule has 1 aliphatic heterocycles. The second kappa shape index (κ2) is 11.7. The third kappa shape index (κ3) is 6.52. The van der Waals surface area contributed by atoms with Crippen molar-refractivity contribution in [3.8, 4) is 11.1 Å². The van der Waals surface area contributed by atoms with Gasteiger partial charge >= 0.3 is 6.09 Å². The lowest BCUT2D eigenvalue weighted by Crippen LogP contribution is -2.35. The number of hydrogen-bond donors (Lipinski definition) is 3. The van der Waals surface area contributed by atoms with Crippen LogP contribution in [0.5, 0.6) is 0 Å². The molecule has 3 aromatic rings. The van der Waals surface area contributed by atoms with Crippen molar-refractivity contribution in [3.63, 3.8) is 0 Å². The number of nitrogens with two attached hydrogens (primary N) is 1. The van der Waals surface area contributed by atoms with E-state index in [4.69, 9.17) is 15.7 Å². The van der Waals surface area contributed by atoms with Crippen molar-refractivity contribution >= 4 is 23.7 Å². The van der Waals surface area contributed by atoms with Crippen LogP contribution in [-0.4, -0.2) is 62.3 Å². The predicted octanol–water partition coefficient (Wildman–Crippen LogP) is 2.23. The van der Waals surface area contributed by atoms with E-state index in [0.29, 0.717) is 43.3 Å². The summed E-state index contributed by atoms with van der Waals surface area (Å²) in [6.45, 7) is 2.39. The Hall–Kier alpha value is -4.55. The molecular weight excluding hydrogens is 469 g/mol. The number of carboxylic acid groups (broad SMARTS) is 1. The summed E-state index contributed by atoms with van der Waals surface area (Å²) >= 11 is 0. The zero-order valence-electron chi connectivity index (χ0n) is 19.4. The molecule has 13 heteroatoms. The summed E-state index contributed by atoms with van der Waals surface area (Å²) in [6.07, 6.45) is 6.90. The first kappa shape index (κ1) is 24.6. The number of guanidine groups is 1. The molecule has 4 rings (SSSR count). The molecule has 0 bridgehead atoms. The van der Waals surface area contributed by atoms with Crippen molar-refractivity contribution in [3.05, 3.63) is 60.4 Å². The van der Waals surface area contributed by atoms with Crippen LogP contribution in [0.1, 0.15) is 18.4 Å². The molecule has 2 aromatic heterocycles. The molecule has 188 valence electrons. The van der Waals surface area contributed by atoms with Crippen LogP contribution in [0.15, 0.2) is 59.2 Å². The topological polar surface area (TPSA) is 156 Å². The fourth-order valence-electron chi connectivity index (χ4n) is 3.63. The van der Waals surface area contributed by atoms with Gasteiger partial charge in [0.05, 0.1) is 18.8 Å². The predicted molar refractivity (Wildman–Crippen MR) is 131 cm³/mol. The highest BCUT2D eigenvalue weighted by atomic mass is 19.1. The summed E-state index contributed by atoms with van der Waals surface area (Å²) in [5, 5.41) is 18.9. The molecule has 3 heterocycles. The maximum atomic E-state index is 15.0. The van der Waals surface area contributed by atoms with E-state index in [2.05, 4.69) is 25.2 Å². The number of benzene rings is 1. The molecule has 1 saturated heterocycles. The molecule has 4 N–H and O–H groups in total. The number of piperidine rings is 1. The van der Waals surface area contributed by atoms with Crippen molar-refractivity contribution in [2.75, 3.05) is 24.6 Å². The Bertz CT molecular complexity index is 1220. The van der Waals surface area contributed by atoms with Crippen LogP contribution in [0, 0.1) is 5.82 Å². The largest absolute Gasteiger partial charge is 0.465 e. The first-order valence-corrected chi connectivity index (χ1v) is 11.3. The zero-order chi connectivity index (χ0) is 25.3. The number of oxime groups is 1. The van der Waals surface area contributed by atoms with Gasteiger partial charge in [-0.1, -0.05) is 23.4 Å². The Morgan fingerprint density at radius 2 is 2.00 bits per heavy atom. The van der Waals surface area contributed by atoms with E-state index < -0.39 is 11.9 Å². The smallest absolute Gasteiger partial charge is 0.411 e. The van der Waals surface area contributed by atoms with Gasteiger partial charge in [-0.2, -0.15) is 5.10 Å². The van der Waals surface area contributed by atoms with Crippen LogP contribution >= 0.6 is 0 Å². The van der Waals surface area contributed by atoms with E-state index >= 15 is 4.39 Å². The van der Waals surface area contributed by atoms with Gasteiger partial charge in [-0.3, -0.25) is 10.00 Å². The van der Waals surface area contributed by atoms with Crippen LogP contribution < -0.4 is 16.0 Å². The third-order valence-electron chi connectivity index (χ3n) is 5.47. The first-order chi connectivity index (χ1) is 17.5. The molecule has 1 aliphatic rings. The highest BCUT2D eigenvalue weighted by Gasteiger charge is 2.19. The number of nitrogens with one attached hydrogen (secondary N) is 1. The highest BCUT2D eigenvalue weighted by molar-refractivity contribution is 5.92. The van der Waals surface area contributed by atoms with Gasteiger partial charge in [0, 0.05) is 67.4 Å². The fraction of sp³-hybridized carbons (Fsp3) is 0.304. The zero-order valence-corrected chi connectivity index (χ0v) is 19.4. The van der Waals surface area contributed by atoms with Crippen molar-refractivity contribution < 1.29 is 19.1 Å². The molecule has 0 atom stereocenters. The van der Waals surface area contributed by atoms with Crippen molar-refractivity contribution in [2.24, 2.45) is 15.9 Å². The minimum atomic E-state index is -1.34. The number of nitrogens with zero attached hydrogens (tertiary/aromatic N) is 7. The molecule has 1 aromatic carbocycles. The molecule has 0 unspecified atom stereocenters. The van der Waals surface area contributed by atoms with Gasteiger partial charge < -0.3 is 20.6 Å². The molecule has 36 heavy (non-hydrogen) atoms. The van der Waals surface area contributed by atoms with Crippen LogP contribution in [-0.2, 0) is 17.9 Å². The number of hydrogen-bond acceptors (Lipinski definition) is 8. The Balaban J connectivity index is 1.32. The summed E-state index contributed by atoms with van der Waals surface area (Å²) in [4.78, 5) is 30.8. The molecular formula is C23H26FN9O3. The number of rotatable bonds is 8. The molecule has 1 amide bonds. The molecule has 0 radical (unpaired) electrons. The number of aliphatic imine (C=N–C) groups is 1. The Morgan fingerprint density at radius 3 is 2.69 bits per heavy atom. The summed E-state index contributed by atoms with van der Waals surface area (Å²) < 4.78 is 16.8. The third-order valence-corrected chi connectivity index (χ3v) is 5.47. The number of amides is 1. The van der Waals surface area contributed by atoms with Crippen molar-refractivity contribution in [1.29, 1.82) is 0 Å². The summed E-state index contributed by atoms with van der Waals surface area (Å²) in [6, 6.07) is 6.72. The second-order valence-electron chi connectivity index (χ2n) is 7.93. The fourth-order valence-corrected chi connectivity index (χ4v) is 3.63. The summed E-state index contributed by atoms with van der Waals surface area (Å²) in [7, 11) is 0. The summed E-state index contributed by atoms with van der Waals surface area (Å²) in [5.41, 5.74) is 7.55. The maximum absolute atomic E-state index is 15.0. The van der Waals surface area contributed by atoms with Gasteiger partial charge in [-0.15, -0.1) is 0 Å². The average molecular weight is 496 g/mol. The van der Waals surface area contributed by atoms with Crippen molar-refractivity contribution in [1.82, 2.24) is 25.1 Å². The molecule has 1 fully saturated rings. The summed E-state index contributed by atoms with van der Waals surface area (Å²) in [5.74, 6) is -0.242. The lowest BCUT2D eigenvalue weighted by atomic mass is 10.0. The lowest BCUT2D eigenvalue weighted by Gasteiger charge is -2.27. The number of halogens is 1. The molecule has 0 spiro atoms. The minimum Gasteiger partial charge on any atom is -0.465 e. The van der Waals surface area contributed by atoms with E-state index in [-0.39, 0.29) is 18.1 Å². The standard InChI is InChI=1S/C23H26FN9O3/c24-20-16(13-26-21(25)30-23(34)35)3-1-4-19(20)17-14-27-22(28-15-17)32-9-5-18(6-10-32)31-36-12-11-33-8-2-7-29-33/h1-4,7-8,14-15H,5-6,9-13H2,(H,34,35)(H3,25,26,30). The number of anilines is 1. The van der Waals surface area contributed by atoms with Gasteiger partial charge in [-0.05, 0) is 6.07 Å². The Labute approximate surface area is 206 Å². The van der Waals surface area contributed by atoms with E-state index in [1.165, 1.54) is 0 Å². The van der Waals surface area contributed by atoms with E-state index in [1.54, 1.807) is 41.5 Å². The van der Waals surface area contributed by atoms with E-state index in [0.717, 1.165) is 18.6 Å². The van der Waals surface area contributed by atoms with Crippen LogP contribution in [0.25, 0.3) is 11.1 Å². The monoisotopic (exact) mass is 495 g/mol. The number of aromatic nitrogens is 4. The highest BCUT2D eigenvalue weighted by Crippen LogP contribution is 2.25. The first-order valence-electron chi connectivity index (χ1n) is 11.3. The second-order valence-corrected chi connectivity index (χ2v) is 7.93. The average Bonchev–Trinajstić information content (AvgIpc) is 3.40. The van der Waals surface area contributed by atoms with E-state index in [1.807, 2.05) is 22.5 Å². The number of carbonyl (C=O) groups is 1. The van der Waals surface area contributed by atoms with Crippen LogP contribution in [0.4, 0.5) is 15.1 Å². The van der Waals surface area contributed by atoms with Gasteiger partial charge in [0.1, 0.15) is 12.4 Å². The van der Waals surface area contributed by atoms with Crippen LogP contribution in [0.2, 0.25) is 0 Å². The molecule has 12 nitrogen and oxygen atoms in total. The lowest BCUT2D eigenvalue weighted by molar-refractivity contribution is 0.131. The Kier molecular flexibility index (Phi) is 8.01. The minimum absolute atomic E-state index is 0.116. The maximum Gasteiger partial charge on any atom is 0.411 e. The Morgan fingerprint density at radius 1 is 1.22 bits per heavy atom. The van der Waals surface area contributed by atoms with Gasteiger partial charge in [0.2, 0.25) is 5.95 Å². The van der Waals surface area contributed by atoms with E-state index in [9.17, 15) is 4.79 Å². The van der Waals surface area contributed by atoms with Gasteiger partial charge in [0.15, 0.2) is 5.96 Å². The van der Waals surface area contributed by atoms with Crippen LogP contribution in [0.3, 0.4) is 0 Å². The van der Waals surface area contributed by atoms with Crippen molar-refractivity contribution in [2.45, 2.75) is 25.9 Å². The molecule has 0 saturated carbocycles. The SMILES string of the molecule is NC(=NCc1cccc(-c2cnc(N3CCC(=NOCCn4cccn4)CC3)nc2)c1F)NC(=O)O.